The monoisotopic (exact) mass is 391 g/mol. The van der Waals surface area contributed by atoms with Gasteiger partial charge in [-0.25, -0.2) is 0 Å². The lowest BCUT2D eigenvalue weighted by Gasteiger charge is -2.36. The van der Waals surface area contributed by atoms with E-state index in [-0.39, 0.29) is 24.5 Å². The number of piperazine rings is 1. The number of hydrogen-bond acceptors (Lipinski definition) is 4. The fraction of sp³-hybridized carbons (Fsp3) is 0.316. The summed E-state index contributed by atoms with van der Waals surface area (Å²) in [5.41, 5.74) is 1.36. The Kier molecular flexibility index (Phi) is 6.12. The number of carbonyl (C=O) groups excluding carboxylic acids is 2. The van der Waals surface area contributed by atoms with Crippen molar-refractivity contribution >= 4 is 40.6 Å². The molecule has 136 valence electrons. The van der Waals surface area contributed by atoms with Crippen molar-refractivity contribution in [3.05, 3.63) is 58.3 Å². The van der Waals surface area contributed by atoms with E-state index >= 15 is 0 Å². The number of rotatable bonds is 5. The molecule has 3 rings (SSSR count). The summed E-state index contributed by atoms with van der Waals surface area (Å²) in [7, 11) is 0. The number of pyridine rings is 1. The molecule has 7 heteroatoms. The number of amides is 1. The van der Waals surface area contributed by atoms with Crippen LogP contribution in [-0.4, -0.2) is 47.8 Å². The Balaban J connectivity index is 1.50. The van der Waals surface area contributed by atoms with Gasteiger partial charge < -0.3 is 9.80 Å². The van der Waals surface area contributed by atoms with Gasteiger partial charge in [-0.2, -0.15) is 0 Å². The number of benzene rings is 1. The molecule has 1 aliphatic heterocycles. The zero-order valence-corrected chi connectivity index (χ0v) is 15.7. The van der Waals surface area contributed by atoms with Crippen LogP contribution in [0.3, 0.4) is 0 Å². The Hall–Kier alpha value is -2.11. The Labute approximate surface area is 162 Å². The van der Waals surface area contributed by atoms with E-state index in [0.29, 0.717) is 41.9 Å². The average molecular weight is 392 g/mol. The van der Waals surface area contributed by atoms with Crippen molar-refractivity contribution in [3.63, 3.8) is 0 Å². The molecule has 2 heterocycles. The summed E-state index contributed by atoms with van der Waals surface area (Å²) in [5, 5.41) is 1.19. The number of nitrogens with zero attached hydrogens (tertiary/aromatic N) is 3. The molecule has 26 heavy (non-hydrogen) atoms. The van der Waals surface area contributed by atoms with Gasteiger partial charge in [0.25, 0.3) is 0 Å². The molecule has 0 atom stereocenters. The molecular weight excluding hydrogens is 373 g/mol. The Morgan fingerprint density at radius 1 is 0.962 bits per heavy atom. The standard InChI is InChI=1S/C19H19Cl2N3O2/c20-14-11-15(21)13-16(12-14)23-7-9-24(10-8-23)19(26)5-4-18(25)17-3-1-2-6-22-17/h1-3,6,11-13H,4-5,7-10H2. The summed E-state index contributed by atoms with van der Waals surface area (Å²) in [6, 6.07) is 10.6. The number of halogens is 2. The van der Waals surface area contributed by atoms with Crippen LogP contribution in [0.4, 0.5) is 5.69 Å². The predicted molar refractivity (Wildman–Crippen MR) is 103 cm³/mol. The summed E-state index contributed by atoms with van der Waals surface area (Å²) in [5.74, 6) is -0.107. The van der Waals surface area contributed by atoms with E-state index in [1.54, 1.807) is 35.4 Å². The number of ketones is 1. The molecule has 1 aliphatic rings. The van der Waals surface area contributed by atoms with Crippen LogP contribution in [-0.2, 0) is 4.79 Å². The Morgan fingerprint density at radius 2 is 1.65 bits per heavy atom. The second-order valence-corrected chi connectivity index (χ2v) is 7.01. The number of hydrogen-bond donors (Lipinski definition) is 0. The van der Waals surface area contributed by atoms with Crippen LogP contribution in [0.25, 0.3) is 0 Å². The molecule has 1 fully saturated rings. The molecule has 5 nitrogen and oxygen atoms in total. The fourth-order valence-electron chi connectivity index (χ4n) is 2.97. The van der Waals surface area contributed by atoms with Gasteiger partial charge in [0, 0.05) is 61.0 Å². The van der Waals surface area contributed by atoms with Gasteiger partial charge in [0.15, 0.2) is 5.78 Å². The normalized spacial score (nSPS) is 14.4. The maximum absolute atomic E-state index is 12.4. The highest BCUT2D eigenvalue weighted by molar-refractivity contribution is 6.35. The number of carbonyl (C=O) groups is 2. The third-order valence-corrected chi connectivity index (χ3v) is 4.80. The largest absolute Gasteiger partial charge is 0.368 e. The Morgan fingerprint density at radius 3 is 2.27 bits per heavy atom. The topological polar surface area (TPSA) is 53.5 Å². The molecule has 1 amide bonds. The van der Waals surface area contributed by atoms with Gasteiger partial charge in [0.1, 0.15) is 5.69 Å². The Bertz CT molecular complexity index is 770. The summed E-state index contributed by atoms with van der Waals surface area (Å²) in [6.07, 6.45) is 1.97. The van der Waals surface area contributed by atoms with Crippen molar-refractivity contribution < 1.29 is 9.59 Å². The van der Waals surface area contributed by atoms with E-state index in [1.807, 2.05) is 12.1 Å². The molecule has 2 aromatic rings. The number of aromatic nitrogens is 1. The molecule has 0 radical (unpaired) electrons. The van der Waals surface area contributed by atoms with E-state index in [9.17, 15) is 9.59 Å². The zero-order chi connectivity index (χ0) is 18.5. The van der Waals surface area contributed by atoms with Crippen LogP contribution in [0.5, 0.6) is 0 Å². The molecule has 0 aliphatic carbocycles. The lowest BCUT2D eigenvalue weighted by Crippen LogP contribution is -2.48. The lowest BCUT2D eigenvalue weighted by atomic mass is 10.1. The maximum atomic E-state index is 12.4. The third kappa shape index (κ3) is 4.74. The summed E-state index contributed by atoms with van der Waals surface area (Å²) < 4.78 is 0. The minimum absolute atomic E-state index is 0.00180. The molecule has 1 aromatic heterocycles. The van der Waals surface area contributed by atoms with E-state index in [2.05, 4.69) is 9.88 Å². The second-order valence-electron chi connectivity index (χ2n) is 6.13. The number of Topliss-reactive ketones (excluding diaryl/α,β-unsaturated/α-hetero) is 1. The van der Waals surface area contributed by atoms with Crippen LogP contribution < -0.4 is 4.90 Å². The third-order valence-electron chi connectivity index (χ3n) is 4.36. The van der Waals surface area contributed by atoms with E-state index in [0.717, 1.165) is 5.69 Å². The van der Waals surface area contributed by atoms with E-state index in [1.165, 1.54) is 0 Å². The smallest absolute Gasteiger partial charge is 0.223 e. The summed E-state index contributed by atoms with van der Waals surface area (Å²) in [4.78, 5) is 32.4. The first-order valence-electron chi connectivity index (χ1n) is 8.46. The van der Waals surface area contributed by atoms with Crippen LogP contribution in [0.1, 0.15) is 23.3 Å². The molecule has 0 bridgehead atoms. The van der Waals surface area contributed by atoms with Crippen molar-refractivity contribution in [2.75, 3.05) is 31.1 Å². The van der Waals surface area contributed by atoms with E-state index < -0.39 is 0 Å². The molecular formula is C19H19Cl2N3O2. The predicted octanol–water partition coefficient (Wildman–Crippen LogP) is 3.70. The van der Waals surface area contributed by atoms with Gasteiger partial charge in [0.2, 0.25) is 5.91 Å². The van der Waals surface area contributed by atoms with Gasteiger partial charge >= 0.3 is 0 Å². The molecule has 1 saturated heterocycles. The lowest BCUT2D eigenvalue weighted by molar-refractivity contribution is -0.131. The first-order chi connectivity index (χ1) is 12.5. The highest BCUT2D eigenvalue weighted by Gasteiger charge is 2.22. The minimum Gasteiger partial charge on any atom is -0.368 e. The van der Waals surface area contributed by atoms with Crippen molar-refractivity contribution in [1.82, 2.24) is 9.88 Å². The molecule has 1 aromatic carbocycles. The fourth-order valence-corrected chi connectivity index (χ4v) is 3.48. The quantitative estimate of drug-likeness (QED) is 0.729. The SMILES string of the molecule is O=C(CCC(=O)N1CCN(c2cc(Cl)cc(Cl)c2)CC1)c1ccccn1. The van der Waals surface area contributed by atoms with Gasteiger partial charge in [-0.15, -0.1) is 0 Å². The summed E-state index contributed by atoms with van der Waals surface area (Å²) >= 11 is 12.1. The van der Waals surface area contributed by atoms with Gasteiger partial charge in [-0.1, -0.05) is 29.3 Å². The first kappa shape index (κ1) is 18.7. The molecule has 0 saturated carbocycles. The van der Waals surface area contributed by atoms with E-state index in [4.69, 9.17) is 23.2 Å². The maximum Gasteiger partial charge on any atom is 0.223 e. The number of anilines is 1. The van der Waals surface area contributed by atoms with Crippen molar-refractivity contribution in [1.29, 1.82) is 0 Å². The van der Waals surface area contributed by atoms with Gasteiger partial charge in [0.05, 0.1) is 0 Å². The van der Waals surface area contributed by atoms with Crippen LogP contribution in [0, 0.1) is 0 Å². The average Bonchev–Trinajstić information content (AvgIpc) is 2.66. The molecule has 0 N–H and O–H groups in total. The van der Waals surface area contributed by atoms with Crippen molar-refractivity contribution in [2.24, 2.45) is 0 Å². The highest BCUT2D eigenvalue weighted by atomic mass is 35.5. The highest BCUT2D eigenvalue weighted by Crippen LogP contribution is 2.26. The summed E-state index contributed by atoms with van der Waals surface area (Å²) in [6.45, 7) is 2.63. The van der Waals surface area contributed by atoms with Crippen LogP contribution in [0.2, 0.25) is 10.0 Å². The minimum atomic E-state index is -0.105. The molecule has 0 spiro atoms. The molecule has 0 unspecified atom stereocenters. The zero-order valence-electron chi connectivity index (χ0n) is 14.2. The second kappa shape index (κ2) is 8.52. The first-order valence-corrected chi connectivity index (χ1v) is 9.21. The van der Waals surface area contributed by atoms with Crippen LogP contribution >= 0.6 is 23.2 Å². The van der Waals surface area contributed by atoms with Crippen molar-refractivity contribution in [3.8, 4) is 0 Å². The van der Waals surface area contributed by atoms with Crippen LogP contribution in [0.15, 0.2) is 42.6 Å². The van der Waals surface area contributed by atoms with Gasteiger partial charge in [-0.3, -0.25) is 14.6 Å². The van der Waals surface area contributed by atoms with Gasteiger partial charge in [-0.05, 0) is 30.3 Å². The van der Waals surface area contributed by atoms with Crippen molar-refractivity contribution in [2.45, 2.75) is 12.8 Å².